The van der Waals surface area contributed by atoms with Gasteiger partial charge in [-0.2, -0.15) is 0 Å². The number of hydrogen-bond acceptors (Lipinski definition) is 3. The molecule has 1 aliphatic rings. The van der Waals surface area contributed by atoms with Crippen LogP contribution in [0.25, 0.3) is 0 Å². The molecule has 0 saturated carbocycles. The molecule has 0 amide bonds. The molecule has 0 radical (unpaired) electrons. The van der Waals surface area contributed by atoms with Crippen molar-refractivity contribution in [3.8, 4) is 5.75 Å². The number of benzene rings is 2. The lowest BCUT2D eigenvalue weighted by molar-refractivity contribution is 0.315. The summed E-state index contributed by atoms with van der Waals surface area (Å²) in [6, 6.07) is 22.8. The highest BCUT2D eigenvalue weighted by Gasteiger charge is 2.22. The van der Waals surface area contributed by atoms with Crippen molar-refractivity contribution in [2.24, 2.45) is 4.99 Å². The molecule has 4 heteroatoms. The summed E-state index contributed by atoms with van der Waals surface area (Å²) in [4.78, 5) is 4.81. The lowest BCUT2D eigenvalue weighted by atomic mass is 10.1. The molecule has 2 aromatic carbocycles. The highest BCUT2D eigenvalue weighted by Crippen LogP contribution is 2.21. The zero-order chi connectivity index (χ0) is 17.8. The van der Waals surface area contributed by atoms with E-state index in [2.05, 4.69) is 47.2 Å². The molecule has 0 bridgehead atoms. The van der Waals surface area contributed by atoms with E-state index < -0.39 is 0 Å². The van der Waals surface area contributed by atoms with Crippen LogP contribution in [0, 0.1) is 0 Å². The first kappa shape index (κ1) is 16.5. The summed E-state index contributed by atoms with van der Waals surface area (Å²) in [7, 11) is 1.70. The summed E-state index contributed by atoms with van der Waals surface area (Å²) in [6.07, 6.45) is 2.95. The fraction of sp³-hybridized carbons (Fsp3) is 0.227. The smallest absolute Gasteiger partial charge is 0.233 e. The van der Waals surface area contributed by atoms with Gasteiger partial charge in [-0.05, 0) is 30.2 Å². The minimum Gasteiger partial charge on any atom is -0.496 e. The van der Waals surface area contributed by atoms with Crippen molar-refractivity contribution in [1.29, 1.82) is 0 Å². The number of ether oxygens (including phenoxy) is 2. The van der Waals surface area contributed by atoms with E-state index in [1.165, 1.54) is 5.56 Å². The van der Waals surface area contributed by atoms with E-state index in [1.807, 2.05) is 30.3 Å². The van der Waals surface area contributed by atoms with Crippen molar-refractivity contribution in [3.63, 3.8) is 0 Å². The molecule has 0 spiro atoms. The number of para-hydroxylation sites is 1. The second-order valence-electron chi connectivity index (χ2n) is 6.42. The third kappa shape index (κ3) is 3.49. The Morgan fingerprint density at radius 2 is 1.85 bits per heavy atom. The largest absolute Gasteiger partial charge is 0.496 e. The third-order valence-electron chi connectivity index (χ3n) is 4.61. The van der Waals surface area contributed by atoms with Gasteiger partial charge in [0.25, 0.3) is 0 Å². The zero-order valence-electron chi connectivity index (χ0n) is 14.8. The van der Waals surface area contributed by atoms with E-state index in [-0.39, 0.29) is 6.04 Å². The molecular weight excluding hydrogens is 324 g/mol. The van der Waals surface area contributed by atoms with Crippen molar-refractivity contribution >= 4 is 5.90 Å². The molecular formula is C22H22N2O2. The number of rotatable bonds is 6. The van der Waals surface area contributed by atoms with Crippen LogP contribution in [0.1, 0.15) is 16.8 Å². The van der Waals surface area contributed by atoms with Gasteiger partial charge in [-0.1, -0.05) is 48.5 Å². The average Bonchev–Trinajstić information content (AvgIpc) is 3.32. The van der Waals surface area contributed by atoms with Crippen LogP contribution in [0.4, 0.5) is 0 Å². The SMILES string of the molecule is COc1ccccc1Cn1cccc1C1=NC(Cc2ccccc2)CO1. The van der Waals surface area contributed by atoms with E-state index in [0.29, 0.717) is 6.61 Å². The van der Waals surface area contributed by atoms with E-state index in [0.717, 1.165) is 35.9 Å². The Hall–Kier alpha value is -3.01. The Labute approximate surface area is 153 Å². The number of hydrogen-bond donors (Lipinski definition) is 0. The predicted molar refractivity (Wildman–Crippen MR) is 103 cm³/mol. The molecule has 1 unspecified atom stereocenters. The van der Waals surface area contributed by atoms with Gasteiger partial charge in [0.2, 0.25) is 5.90 Å². The number of aliphatic imine (C=N–C) groups is 1. The first-order valence-electron chi connectivity index (χ1n) is 8.85. The van der Waals surface area contributed by atoms with Crippen LogP contribution in [-0.4, -0.2) is 30.2 Å². The van der Waals surface area contributed by atoms with Gasteiger partial charge in [0, 0.05) is 11.8 Å². The van der Waals surface area contributed by atoms with Gasteiger partial charge in [0.1, 0.15) is 18.1 Å². The molecule has 132 valence electrons. The van der Waals surface area contributed by atoms with Crippen LogP contribution >= 0.6 is 0 Å². The number of nitrogens with zero attached hydrogens (tertiary/aromatic N) is 2. The van der Waals surface area contributed by atoms with E-state index in [9.17, 15) is 0 Å². The van der Waals surface area contributed by atoms with Crippen LogP contribution < -0.4 is 4.74 Å². The highest BCUT2D eigenvalue weighted by atomic mass is 16.5. The lowest BCUT2D eigenvalue weighted by Crippen LogP contribution is -2.11. The second kappa shape index (κ2) is 7.48. The standard InChI is InChI=1S/C22H22N2O2/c1-25-21-12-6-5-10-18(21)15-24-13-7-11-20(24)22-23-19(16-26-22)14-17-8-3-2-4-9-17/h2-13,19H,14-16H2,1H3. The lowest BCUT2D eigenvalue weighted by Gasteiger charge is -2.12. The summed E-state index contributed by atoms with van der Waals surface area (Å²) in [5.74, 6) is 1.62. The maximum absolute atomic E-state index is 5.92. The van der Waals surface area contributed by atoms with Crippen molar-refractivity contribution < 1.29 is 9.47 Å². The van der Waals surface area contributed by atoms with Crippen LogP contribution in [-0.2, 0) is 17.7 Å². The summed E-state index contributed by atoms with van der Waals surface area (Å²) >= 11 is 0. The fourth-order valence-corrected chi connectivity index (χ4v) is 3.31. The zero-order valence-corrected chi connectivity index (χ0v) is 14.8. The molecule has 0 N–H and O–H groups in total. The molecule has 0 saturated heterocycles. The van der Waals surface area contributed by atoms with Crippen LogP contribution in [0.2, 0.25) is 0 Å². The second-order valence-corrected chi connectivity index (χ2v) is 6.42. The molecule has 0 fully saturated rings. The normalized spacial score (nSPS) is 16.2. The molecule has 3 aromatic rings. The maximum atomic E-state index is 5.92. The summed E-state index contributed by atoms with van der Waals surface area (Å²) in [5, 5.41) is 0. The predicted octanol–water partition coefficient (Wildman–Crippen LogP) is 3.93. The Balaban J connectivity index is 1.52. The molecule has 1 aliphatic heterocycles. The van der Waals surface area contributed by atoms with Gasteiger partial charge in [0.05, 0.1) is 19.7 Å². The molecule has 26 heavy (non-hydrogen) atoms. The molecule has 1 atom stereocenters. The molecule has 0 aliphatic carbocycles. The van der Waals surface area contributed by atoms with E-state index in [1.54, 1.807) is 7.11 Å². The summed E-state index contributed by atoms with van der Waals surface area (Å²) in [5.41, 5.74) is 3.42. The van der Waals surface area contributed by atoms with Gasteiger partial charge in [-0.25, -0.2) is 4.99 Å². The van der Waals surface area contributed by atoms with Crippen molar-refractivity contribution in [2.45, 2.75) is 19.0 Å². The van der Waals surface area contributed by atoms with Crippen molar-refractivity contribution in [2.75, 3.05) is 13.7 Å². The van der Waals surface area contributed by atoms with Gasteiger partial charge < -0.3 is 14.0 Å². The summed E-state index contributed by atoms with van der Waals surface area (Å²) in [6.45, 7) is 1.35. The van der Waals surface area contributed by atoms with Gasteiger partial charge in [0.15, 0.2) is 0 Å². The Kier molecular flexibility index (Phi) is 4.73. The topological polar surface area (TPSA) is 35.8 Å². The fourth-order valence-electron chi connectivity index (χ4n) is 3.31. The van der Waals surface area contributed by atoms with E-state index in [4.69, 9.17) is 14.5 Å². The van der Waals surface area contributed by atoms with Crippen molar-refractivity contribution in [1.82, 2.24) is 4.57 Å². The molecule has 4 nitrogen and oxygen atoms in total. The van der Waals surface area contributed by atoms with Crippen LogP contribution in [0.5, 0.6) is 5.75 Å². The summed E-state index contributed by atoms with van der Waals surface area (Å²) < 4.78 is 13.5. The quantitative estimate of drug-likeness (QED) is 0.678. The average molecular weight is 346 g/mol. The van der Waals surface area contributed by atoms with Gasteiger partial charge in [-0.15, -0.1) is 0 Å². The molecule has 2 heterocycles. The van der Waals surface area contributed by atoms with Gasteiger partial charge in [-0.3, -0.25) is 0 Å². The van der Waals surface area contributed by atoms with Gasteiger partial charge >= 0.3 is 0 Å². The van der Waals surface area contributed by atoms with Crippen LogP contribution in [0.15, 0.2) is 77.9 Å². The maximum Gasteiger partial charge on any atom is 0.233 e. The first-order valence-corrected chi connectivity index (χ1v) is 8.85. The monoisotopic (exact) mass is 346 g/mol. The van der Waals surface area contributed by atoms with Crippen molar-refractivity contribution in [3.05, 3.63) is 89.7 Å². The minimum atomic E-state index is 0.169. The van der Waals surface area contributed by atoms with E-state index >= 15 is 0 Å². The Bertz CT molecular complexity index is 899. The molecule has 1 aromatic heterocycles. The first-order chi connectivity index (χ1) is 12.8. The molecule has 4 rings (SSSR count). The third-order valence-corrected chi connectivity index (χ3v) is 4.61. The number of aromatic nitrogens is 1. The Morgan fingerprint density at radius 3 is 2.69 bits per heavy atom. The minimum absolute atomic E-state index is 0.169. The van der Waals surface area contributed by atoms with Crippen LogP contribution in [0.3, 0.4) is 0 Å². The Morgan fingerprint density at radius 1 is 1.04 bits per heavy atom. The number of methoxy groups -OCH3 is 1. The highest BCUT2D eigenvalue weighted by molar-refractivity contribution is 5.93.